The van der Waals surface area contributed by atoms with E-state index in [9.17, 15) is 18.0 Å². The Morgan fingerprint density at radius 2 is 1.89 bits per heavy atom. The fraction of sp³-hybridized carbons (Fsp3) is 0.444. The quantitative estimate of drug-likeness (QED) is 0.870. The maximum Gasteiger partial charge on any atom is 0.410 e. The second-order valence-electron chi connectivity index (χ2n) is 6.66. The molecule has 0 unspecified atom stereocenters. The maximum atomic E-state index is 13.7. The molecule has 0 spiro atoms. The van der Waals surface area contributed by atoms with E-state index in [4.69, 9.17) is 4.74 Å². The number of fused-ring (bicyclic) bond motifs is 1. The van der Waals surface area contributed by atoms with Crippen LogP contribution in [0.4, 0.5) is 19.0 Å². The minimum atomic E-state index is -4.46. The van der Waals surface area contributed by atoms with Gasteiger partial charge in [-0.05, 0) is 5.56 Å². The van der Waals surface area contributed by atoms with Crippen LogP contribution in [0.5, 0.6) is 0 Å². The minimum Gasteiger partial charge on any atom is -0.378 e. The van der Waals surface area contributed by atoms with E-state index in [1.54, 1.807) is 29.2 Å². The first-order valence-electron chi connectivity index (χ1n) is 8.78. The van der Waals surface area contributed by atoms with Gasteiger partial charge < -0.3 is 15.0 Å². The highest BCUT2D eigenvalue weighted by Crippen LogP contribution is 2.44. The summed E-state index contributed by atoms with van der Waals surface area (Å²) in [5.74, 6) is -0.212. The number of carbonyl (C=O) groups excluding carboxylic acids is 1. The molecule has 3 heterocycles. The molecule has 1 amide bonds. The summed E-state index contributed by atoms with van der Waals surface area (Å²) in [6, 6.07) is 6.59. The molecule has 1 aromatic carbocycles. The van der Waals surface area contributed by atoms with Gasteiger partial charge in [-0.1, -0.05) is 30.3 Å². The summed E-state index contributed by atoms with van der Waals surface area (Å²) in [5, 5.41) is 7.01. The number of amides is 1. The number of benzene rings is 1. The van der Waals surface area contributed by atoms with Gasteiger partial charge in [0, 0.05) is 19.5 Å². The zero-order valence-corrected chi connectivity index (χ0v) is 14.4. The van der Waals surface area contributed by atoms with Crippen LogP contribution in [-0.2, 0) is 4.74 Å². The fourth-order valence-electron chi connectivity index (χ4n) is 3.56. The van der Waals surface area contributed by atoms with Crippen LogP contribution in [0.25, 0.3) is 0 Å². The summed E-state index contributed by atoms with van der Waals surface area (Å²) >= 11 is 0. The number of halogens is 3. The molecule has 0 radical (unpaired) electrons. The van der Waals surface area contributed by atoms with Crippen LogP contribution in [0, 0.1) is 0 Å². The molecule has 27 heavy (non-hydrogen) atoms. The normalized spacial score (nSPS) is 22.9. The van der Waals surface area contributed by atoms with Crippen LogP contribution in [0.3, 0.4) is 0 Å². The summed E-state index contributed by atoms with van der Waals surface area (Å²) in [6.07, 6.45) is -3.42. The van der Waals surface area contributed by atoms with Gasteiger partial charge in [0.15, 0.2) is 6.04 Å². The molecule has 0 bridgehead atoms. The van der Waals surface area contributed by atoms with Gasteiger partial charge in [-0.15, -0.1) is 0 Å². The van der Waals surface area contributed by atoms with Crippen molar-refractivity contribution in [2.75, 3.05) is 31.6 Å². The van der Waals surface area contributed by atoms with E-state index in [1.165, 1.54) is 6.20 Å². The largest absolute Gasteiger partial charge is 0.410 e. The highest BCUT2D eigenvalue weighted by atomic mass is 19.4. The third kappa shape index (κ3) is 3.39. The van der Waals surface area contributed by atoms with Crippen molar-refractivity contribution in [3.8, 4) is 0 Å². The van der Waals surface area contributed by atoms with Crippen molar-refractivity contribution in [2.45, 2.75) is 24.7 Å². The molecular formula is C18H19F3N4O2. The number of hydrogen-bond donors (Lipinski definition) is 1. The number of nitrogens with zero attached hydrogens (tertiary/aromatic N) is 3. The van der Waals surface area contributed by atoms with Crippen molar-refractivity contribution >= 4 is 11.7 Å². The molecule has 144 valence electrons. The Bertz CT molecular complexity index is 816. The molecule has 6 nitrogen and oxygen atoms in total. The predicted molar refractivity (Wildman–Crippen MR) is 91.5 cm³/mol. The van der Waals surface area contributed by atoms with E-state index >= 15 is 0 Å². The van der Waals surface area contributed by atoms with Crippen molar-refractivity contribution in [2.24, 2.45) is 0 Å². The molecule has 2 atom stereocenters. The summed E-state index contributed by atoms with van der Waals surface area (Å²) < 4.78 is 47.2. The van der Waals surface area contributed by atoms with Crippen LogP contribution >= 0.6 is 0 Å². The number of anilines is 1. The molecular weight excluding hydrogens is 361 g/mol. The van der Waals surface area contributed by atoms with Crippen molar-refractivity contribution < 1.29 is 22.7 Å². The Morgan fingerprint density at radius 1 is 1.19 bits per heavy atom. The fourth-order valence-corrected chi connectivity index (χ4v) is 3.56. The Balaban J connectivity index is 1.71. The summed E-state index contributed by atoms with van der Waals surface area (Å²) in [7, 11) is 0. The lowest BCUT2D eigenvalue weighted by molar-refractivity contribution is -0.173. The number of aromatic nitrogens is 2. The van der Waals surface area contributed by atoms with Gasteiger partial charge in [-0.2, -0.15) is 18.3 Å². The summed E-state index contributed by atoms with van der Waals surface area (Å²) in [5.41, 5.74) is 0.899. The highest BCUT2D eigenvalue weighted by Gasteiger charge is 2.47. The van der Waals surface area contributed by atoms with Gasteiger partial charge in [-0.25, -0.2) is 4.68 Å². The molecule has 0 aliphatic carbocycles. The first-order valence-corrected chi connectivity index (χ1v) is 8.78. The van der Waals surface area contributed by atoms with Crippen LogP contribution in [0.1, 0.15) is 34.4 Å². The number of alkyl halides is 3. The second kappa shape index (κ2) is 6.88. The van der Waals surface area contributed by atoms with Gasteiger partial charge in [0.25, 0.3) is 5.91 Å². The molecule has 2 aliphatic heterocycles. The topological polar surface area (TPSA) is 59.4 Å². The molecule has 1 saturated heterocycles. The number of carbonyl (C=O) groups is 1. The standard InChI is InChI=1S/C18H19F3N4O2/c19-18(20,21)15-10-14(12-4-2-1-3-5-12)23-16-13(11-22-25(15)16)17(26)24-6-8-27-9-7-24/h1-5,11,14-15,23H,6-10H2/t14-,15-/m1/s1. The molecule has 2 aromatic rings. The van der Waals surface area contributed by atoms with Crippen molar-refractivity contribution in [3.63, 3.8) is 0 Å². The Kier molecular flexibility index (Phi) is 4.55. The third-order valence-corrected chi connectivity index (χ3v) is 4.97. The summed E-state index contributed by atoms with van der Waals surface area (Å²) in [6.45, 7) is 1.66. The number of hydrogen-bond acceptors (Lipinski definition) is 4. The van der Waals surface area contributed by atoms with Gasteiger partial charge in [0.05, 0.1) is 25.5 Å². The van der Waals surface area contributed by atoms with Gasteiger partial charge in [-0.3, -0.25) is 4.79 Å². The average molecular weight is 380 g/mol. The van der Waals surface area contributed by atoms with Gasteiger partial charge in [0.2, 0.25) is 0 Å². The van der Waals surface area contributed by atoms with E-state index in [2.05, 4.69) is 10.4 Å². The van der Waals surface area contributed by atoms with E-state index in [-0.39, 0.29) is 23.7 Å². The Morgan fingerprint density at radius 3 is 2.56 bits per heavy atom. The summed E-state index contributed by atoms with van der Waals surface area (Å²) in [4.78, 5) is 14.4. The molecule has 0 saturated carbocycles. The molecule has 4 rings (SSSR count). The highest BCUT2D eigenvalue weighted by molar-refractivity contribution is 5.99. The van der Waals surface area contributed by atoms with Gasteiger partial charge >= 0.3 is 6.18 Å². The minimum absolute atomic E-state index is 0.119. The molecule has 1 aromatic heterocycles. The molecule has 1 fully saturated rings. The number of ether oxygens (including phenoxy) is 1. The van der Waals surface area contributed by atoms with Crippen LogP contribution < -0.4 is 5.32 Å². The molecule has 9 heteroatoms. The van der Waals surface area contributed by atoms with E-state index in [0.717, 1.165) is 10.2 Å². The van der Waals surface area contributed by atoms with E-state index in [1.807, 2.05) is 6.07 Å². The number of morpholine rings is 1. The SMILES string of the molecule is O=C(c1cnn2c1N[C@@H](c1ccccc1)C[C@@H]2C(F)(F)F)N1CCOCC1. The van der Waals surface area contributed by atoms with E-state index < -0.39 is 18.3 Å². The second-order valence-corrected chi connectivity index (χ2v) is 6.66. The van der Waals surface area contributed by atoms with Crippen LogP contribution in [0.15, 0.2) is 36.5 Å². The van der Waals surface area contributed by atoms with Crippen molar-refractivity contribution in [1.29, 1.82) is 0 Å². The molecule has 2 aliphatic rings. The smallest absolute Gasteiger partial charge is 0.378 e. The van der Waals surface area contributed by atoms with Crippen LogP contribution in [0.2, 0.25) is 0 Å². The lowest BCUT2D eigenvalue weighted by atomic mass is 9.96. The molecule has 1 N–H and O–H groups in total. The zero-order chi connectivity index (χ0) is 19.0. The monoisotopic (exact) mass is 380 g/mol. The van der Waals surface area contributed by atoms with Crippen molar-refractivity contribution in [1.82, 2.24) is 14.7 Å². The first kappa shape index (κ1) is 17.8. The number of nitrogens with one attached hydrogen (secondary N) is 1. The lowest BCUT2D eigenvalue weighted by Gasteiger charge is -2.34. The van der Waals surface area contributed by atoms with Crippen LogP contribution in [-0.4, -0.2) is 53.1 Å². The average Bonchev–Trinajstić information content (AvgIpc) is 3.11. The third-order valence-electron chi connectivity index (χ3n) is 4.97. The van der Waals surface area contributed by atoms with E-state index in [0.29, 0.717) is 26.3 Å². The first-order chi connectivity index (χ1) is 12.9. The lowest BCUT2D eigenvalue weighted by Crippen LogP contribution is -2.41. The Labute approximate surface area is 153 Å². The predicted octanol–water partition coefficient (Wildman–Crippen LogP) is 3.02. The zero-order valence-electron chi connectivity index (χ0n) is 14.4. The van der Waals surface area contributed by atoms with Gasteiger partial charge in [0.1, 0.15) is 11.4 Å². The maximum absolute atomic E-state index is 13.7. The number of rotatable bonds is 2. The van der Waals surface area contributed by atoms with Crippen molar-refractivity contribution in [3.05, 3.63) is 47.7 Å². The Hall–Kier alpha value is -2.55.